The molecule has 2 fully saturated rings. The second-order valence-corrected chi connectivity index (χ2v) is 6.78. The minimum atomic E-state index is 0.721. The van der Waals surface area contributed by atoms with Crippen LogP contribution in [0.2, 0.25) is 0 Å². The molecule has 0 spiro atoms. The first-order valence-electron chi connectivity index (χ1n) is 8.23. The number of rotatable bonds is 4. The van der Waals surface area contributed by atoms with E-state index in [1.165, 1.54) is 51.6 Å². The van der Waals surface area contributed by atoms with Gasteiger partial charge in [0.25, 0.3) is 0 Å². The van der Waals surface area contributed by atoms with Crippen LogP contribution in [0.25, 0.3) is 0 Å². The van der Waals surface area contributed by atoms with E-state index in [4.69, 9.17) is 0 Å². The Hall–Kier alpha value is -0.120. The van der Waals surface area contributed by atoms with Crippen LogP contribution in [-0.2, 0) is 0 Å². The topological polar surface area (TPSA) is 18.5 Å². The highest BCUT2D eigenvalue weighted by Gasteiger charge is 2.34. The summed E-state index contributed by atoms with van der Waals surface area (Å²) in [7, 11) is 6.60. The van der Waals surface area contributed by atoms with Gasteiger partial charge in [-0.25, -0.2) is 0 Å². The summed E-state index contributed by atoms with van der Waals surface area (Å²) in [5, 5.41) is 3.58. The Bertz CT molecular complexity index is 259. The summed E-state index contributed by atoms with van der Waals surface area (Å²) in [6.45, 7) is 4.95. The summed E-state index contributed by atoms with van der Waals surface area (Å²) in [5.74, 6) is 0.959. The number of hydrogen-bond acceptors (Lipinski definition) is 3. The number of piperidine rings is 1. The Kier molecular flexibility index (Phi) is 5.67. The Morgan fingerprint density at radius 3 is 2.32 bits per heavy atom. The summed E-state index contributed by atoms with van der Waals surface area (Å²) in [6, 6.07) is 2.31. The SMILES string of the molecule is CCC1CCC(NC)C(N2CCC(N(C)C)CC2)C1. The highest BCUT2D eigenvalue weighted by Crippen LogP contribution is 2.31. The quantitative estimate of drug-likeness (QED) is 0.842. The van der Waals surface area contributed by atoms with Gasteiger partial charge < -0.3 is 10.2 Å². The standard InChI is InChI=1S/C16H33N3/c1-5-13-6-7-15(17-2)16(12-13)19-10-8-14(9-11-19)18(3)4/h13-17H,5-12H2,1-4H3. The van der Waals surface area contributed by atoms with Gasteiger partial charge in [-0.3, -0.25) is 4.90 Å². The van der Waals surface area contributed by atoms with Gasteiger partial charge in [0.05, 0.1) is 0 Å². The van der Waals surface area contributed by atoms with Crippen LogP contribution >= 0.6 is 0 Å². The summed E-state index contributed by atoms with van der Waals surface area (Å²) in [5.41, 5.74) is 0. The van der Waals surface area contributed by atoms with Gasteiger partial charge in [-0.2, -0.15) is 0 Å². The molecule has 1 aliphatic carbocycles. The molecule has 19 heavy (non-hydrogen) atoms. The molecule has 0 aromatic rings. The molecule has 3 atom stereocenters. The molecular formula is C16H33N3. The van der Waals surface area contributed by atoms with E-state index in [1.807, 2.05) is 0 Å². The lowest BCUT2D eigenvalue weighted by atomic mass is 9.79. The van der Waals surface area contributed by atoms with E-state index in [2.05, 4.69) is 43.2 Å². The molecule has 1 heterocycles. The van der Waals surface area contributed by atoms with Crippen LogP contribution in [-0.4, -0.2) is 62.2 Å². The van der Waals surface area contributed by atoms with Crippen molar-refractivity contribution in [2.75, 3.05) is 34.2 Å². The van der Waals surface area contributed by atoms with Crippen LogP contribution in [0.5, 0.6) is 0 Å². The first kappa shape index (κ1) is 15.3. The Balaban J connectivity index is 1.91. The van der Waals surface area contributed by atoms with Crippen molar-refractivity contribution in [2.24, 2.45) is 5.92 Å². The predicted molar refractivity (Wildman–Crippen MR) is 82.5 cm³/mol. The molecule has 1 aliphatic heterocycles. The Morgan fingerprint density at radius 2 is 1.79 bits per heavy atom. The fraction of sp³-hybridized carbons (Fsp3) is 1.00. The number of nitrogens with zero attached hydrogens (tertiary/aromatic N) is 2. The molecule has 0 amide bonds. The zero-order chi connectivity index (χ0) is 13.8. The summed E-state index contributed by atoms with van der Waals surface area (Å²) in [6.07, 6.45) is 8.25. The van der Waals surface area contributed by atoms with E-state index in [0.29, 0.717) is 0 Å². The molecule has 1 saturated heterocycles. The lowest BCUT2D eigenvalue weighted by molar-refractivity contribution is 0.0570. The molecule has 3 nitrogen and oxygen atoms in total. The maximum Gasteiger partial charge on any atom is 0.0251 e. The van der Waals surface area contributed by atoms with E-state index in [9.17, 15) is 0 Å². The van der Waals surface area contributed by atoms with E-state index in [0.717, 1.165) is 24.0 Å². The smallest absolute Gasteiger partial charge is 0.0251 e. The van der Waals surface area contributed by atoms with Gasteiger partial charge in [-0.15, -0.1) is 0 Å². The predicted octanol–water partition coefficient (Wildman–Crippen LogP) is 2.18. The monoisotopic (exact) mass is 267 g/mol. The molecule has 3 unspecified atom stereocenters. The van der Waals surface area contributed by atoms with Crippen molar-refractivity contribution < 1.29 is 0 Å². The second-order valence-electron chi connectivity index (χ2n) is 6.78. The van der Waals surface area contributed by atoms with E-state index in [-0.39, 0.29) is 0 Å². The molecule has 3 heteroatoms. The second kappa shape index (κ2) is 7.05. The van der Waals surface area contributed by atoms with Crippen molar-refractivity contribution in [2.45, 2.75) is 63.6 Å². The zero-order valence-corrected chi connectivity index (χ0v) is 13.4. The van der Waals surface area contributed by atoms with Crippen molar-refractivity contribution in [1.82, 2.24) is 15.1 Å². The molecule has 0 aromatic carbocycles. The van der Waals surface area contributed by atoms with E-state index >= 15 is 0 Å². The molecule has 1 saturated carbocycles. The van der Waals surface area contributed by atoms with Crippen LogP contribution in [0, 0.1) is 5.92 Å². The van der Waals surface area contributed by atoms with E-state index in [1.54, 1.807) is 0 Å². The van der Waals surface area contributed by atoms with Crippen molar-refractivity contribution in [3.05, 3.63) is 0 Å². The van der Waals surface area contributed by atoms with Crippen LogP contribution in [0.15, 0.2) is 0 Å². The molecule has 0 bridgehead atoms. The van der Waals surface area contributed by atoms with Gasteiger partial charge in [0, 0.05) is 18.1 Å². The third-order valence-electron chi connectivity index (χ3n) is 5.57. The summed E-state index contributed by atoms with van der Waals surface area (Å²) >= 11 is 0. The van der Waals surface area contributed by atoms with Gasteiger partial charge in [0.2, 0.25) is 0 Å². The third kappa shape index (κ3) is 3.71. The number of likely N-dealkylation sites (N-methyl/N-ethyl adjacent to an activating group) is 1. The van der Waals surface area contributed by atoms with Gasteiger partial charge in [0.15, 0.2) is 0 Å². The van der Waals surface area contributed by atoms with Crippen LogP contribution < -0.4 is 5.32 Å². The number of likely N-dealkylation sites (tertiary alicyclic amines) is 1. The maximum atomic E-state index is 3.58. The van der Waals surface area contributed by atoms with Gasteiger partial charge in [-0.05, 0) is 72.3 Å². The minimum absolute atomic E-state index is 0.721. The third-order valence-corrected chi connectivity index (χ3v) is 5.57. The molecule has 2 rings (SSSR count). The molecule has 1 N–H and O–H groups in total. The van der Waals surface area contributed by atoms with Crippen molar-refractivity contribution in [3.63, 3.8) is 0 Å². The summed E-state index contributed by atoms with van der Waals surface area (Å²) < 4.78 is 0. The van der Waals surface area contributed by atoms with Crippen molar-refractivity contribution >= 4 is 0 Å². The average Bonchev–Trinajstić information content (AvgIpc) is 2.46. The first-order valence-corrected chi connectivity index (χ1v) is 8.23. The lowest BCUT2D eigenvalue weighted by Gasteiger charge is -2.46. The lowest BCUT2D eigenvalue weighted by Crippen LogP contribution is -2.55. The summed E-state index contributed by atoms with van der Waals surface area (Å²) in [4.78, 5) is 5.19. The fourth-order valence-corrected chi connectivity index (χ4v) is 4.08. The van der Waals surface area contributed by atoms with Crippen LogP contribution in [0.4, 0.5) is 0 Å². The minimum Gasteiger partial charge on any atom is -0.315 e. The molecule has 2 aliphatic rings. The van der Waals surface area contributed by atoms with Crippen molar-refractivity contribution in [3.8, 4) is 0 Å². The average molecular weight is 267 g/mol. The largest absolute Gasteiger partial charge is 0.315 e. The van der Waals surface area contributed by atoms with Crippen LogP contribution in [0.3, 0.4) is 0 Å². The first-order chi connectivity index (χ1) is 9.15. The molecular weight excluding hydrogens is 234 g/mol. The maximum absolute atomic E-state index is 3.58. The Labute approximate surface area is 119 Å². The number of nitrogens with one attached hydrogen (secondary N) is 1. The van der Waals surface area contributed by atoms with Gasteiger partial charge in [0.1, 0.15) is 0 Å². The van der Waals surface area contributed by atoms with Crippen LogP contribution in [0.1, 0.15) is 45.4 Å². The molecule has 0 radical (unpaired) electrons. The van der Waals surface area contributed by atoms with Gasteiger partial charge >= 0.3 is 0 Å². The van der Waals surface area contributed by atoms with E-state index < -0.39 is 0 Å². The normalized spacial score (nSPS) is 34.9. The fourth-order valence-electron chi connectivity index (χ4n) is 4.08. The Morgan fingerprint density at radius 1 is 1.11 bits per heavy atom. The molecule has 0 aromatic heterocycles. The van der Waals surface area contributed by atoms with Gasteiger partial charge in [-0.1, -0.05) is 13.3 Å². The highest BCUT2D eigenvalue weighted by molar-refractivity contribution is 4.92. The number of hydrogen-bond donors (Lipinski definition) is 1. The molecule has 112 valence electrons. The zero-order valence-electron chi connectivity index (χ0n) is 13.4. The van der Waals surface area contributed by atoms with Crippen molar-refractivity contribution in [1.29, 1.82) is 0 Å². The highest BCUT2D eigenvalue weighted by atomic mass is 15.2.